The maximum absolute atomic E-state index is 9.80. The van der Waals surface area contributed by atoms with Crippen molar-refractivity contribution in [2.45, 2.75) is 25.3 Å². The number of methoxy groups -OCH3 is 1. The van der Waals surface area contributed by atoms with Gasteiger partial charge in [-0.3, -0.25) is 0 Å². The first-order chi connectivity index (χ1) is 7.22. The van der Waals surface area contributed by atoms with Crippen molar-refractivity contribution in [2.24, 2.45) is 11.7 Å². The molecule has 1 aliphatic rings. The lowest BCUT2D eigenvalue weighted by Crippen LogP contribution is -2.26. The van der Waals surface area contributed by atoms with Crippen LogP contribution in [0.25, 0.3) is 0 Å². The number of hydrogen-bond donors (Lipinski definition) is 2. The Morgan fingerprint density at radius 1 is 1.44 bits per heavy atom. The number of ether oxygens (including phenoxy) is 1. The highest BCUT2D eigenvalue weighted by atomic mass is 35.5. The molecule has 16 heavy (non-hydrogen) atoms. The molecule has 1 aliphatic carbocycles. The van der Waals surface area contributed by atoms with Crippen LogP contribution in [0.1, 0.15) is 30.9 Å². The van der Waals surface area contributed by atoms with E-state index < -0.39 is 0 Å². The number of hydrogen-bond acceptors (Lipinski definition) is 3. The molecular formula is C12H18ClNO2. The van der Waals surface area contributed by atoms with Crippen LogP contribution >= 0.6 is 12.4 Å². The van der Waals surface area contributed by atoms with E-state index in [2.05, 4.69) is 0 Å². The molecule has 0 bridgehead atoms. The molecule has 3 nitrogen and oxygen atoms in total. The Morgan fingerprint density at radius 2 is 2.12 bits per heavy atom. The lowest BCUT2D eigenvalue weighted by Gasteiger charge is -2.31. The van der Waals surface area contributed by atoms with Crippen molar-refractivity contribution in [2.75, 3.05) is 7.11 Å². The molecule has 0 spiro atoms. The zero-order chi connectivity index (χ0) is 10.8. The number of nitrogens with two attached hydrogens (primary N) is 1. The summed E-state index contributed by atoms with van der Waals surface area (Å²) in [6, 6.07) is 5.28. The van der Waals surface area contributed by atoms with Crippen molar-refractivity contribution in [3.05, 3.63) is 23.8 Å². The number of phenols is 1. The lowest BCUT2D eigenvalue weighted by molar-refractivity contribution is 0.260. The predicted octanol–water partition coefficient (Wildman–Crippen LogP) is 2.62. The van der Waals surface area contributed by atoms with E-state index in [4.69, 9.17) is 10.5 Å². The van der Waals surface area contributed by atoms with Gasteiger partial charge in [0.1, 0.15) is 11.5 Å². The van der Waals surface area contributed by atoms with E-state index in [1.807, 2.05) is 12.1 Å². The second kappa shape index (κ2) is 5.41. The Bertz CT molecular complexity index is 353. The minimum absolute atomic E-state index is 0. The van der Waals surface area contributed by atoms with Gasteiger partial charge in [0.05, 0.1) is 7.11 Å². The largest absolute Gasteiger partial charge is 0.507 e. The topological polar surface area (TPSA) is 55.5 Å². The van der Waals surface area contributed by atoms with Crippen LogP contribution in [-0.2, 0) is 0 Å². The van der Waals surface area contributed by atoms with E-state index in [-0.39, 0.29) is 24.2 Å². The minimum Gasteiger partial charge on any atom is -0.507 e. The van der Waals surface area contributed by atoms with Crippen molar-refractivity contribution in [1.82, 2.24) is 0 Å². The highest BCUT2D eigenvalue weighted by Gasteiger charge is 2.27. The zero-order valence-electron chi connectivity index (χ0n) is 9.35. The second-order valence-corrected chi connectivity index (χ2v) is 4.14. The summed E-state index contributed by atoms with van der Waals surface area (Å²) >= 11 is 0. The Balaban J connectivity index is 0.00000128. The predicted molar refractivity (Wildman–Crippen MR) is 66.2 cm³/mol. The normalized spacial score (nSPS) is 17.1. The molecule has 0 heterocycles. The van der Waals surface area contributed by atoms with Gasteiger partial charge in [-0.1, -0.05) is 12.5 Å². The van der Waals surface area contributed by atoms with Gasteiger partial charge in [-0.25, -0.2) is 0 Å². The molecule has 0 aromatic heterocycles. The SMILES string of the molecule is COc1ccc([C@@H](N)C2CCC2)c(O)c1.Cl. The van der Waals surface area contributed by atoms with Gasteiger partial charge < -0.3 is 15.6 Å². The summed E-state index contributed by atoms with van der Waals surface area (Å²) in [7, 11) is 1.58. The molecule has 0 radical (unpaired) electrons. The van der Waals surface area contributed by atoms with Crippen molar-refractivity contribution in [1.29, 1.82) is 0 Å². The number of aromatic hydroxyl groups is 1. The first-order valence-corrected chi connectivity index (χ1v) is 5.35. The van der Waals surface area contributed by atoms with Gasteiger partial charge in [-0.15, -0.1) is 12.4 Å². The van der Waals surface area contributed by atoms with Crippen LogP contribution in [0, 0.1) is 5.92 Å². The van der Waals surface area contributed by atoms with Crippen LogP contribution in [-0.4, -0.2) is 12.2 Å². The van der Waals surface area contributed by atoms with Crippen LogP contribution in [0.5, 0.6) is 11.5 Å². The van der Waals surface area contributed by atoms with Gasteiger partial charge >= 0.3 is 0 Å². The third kappa shape index (κ3) is 2.42. The molecule has 1 atom stereocenters. The van der Waals surface area contributed by atoms with E-state index in [1.165, 1.54) is 19.3 Å². The van der Waals surface area contributed by atoms with Gasteiger partial charge in [0, 0.05) is 17.7 Å². The summed E-state index contributed by atoms with van der Waals surface area (Å²) in [6.07, 6.45) is 3.61. The van der Waals surface area contributed by atoms with Gasteiger partial charge in [0.15, 0.2) is 0 Å². The third-order valence-electron chi connectivity index (χ3n) is 3.25. The molecule has 1 aromatic carbocycles. The number of rotatable bonds is 3. The molecule has 0 unspecified atom stereocenters. The number of phenolic OH excluding ortho intramolecular Hbond substituents is 1. The average molecular weight is 244 g/mol. The quantitative estimate of drug-likeness (QED) is 0.858. The first kappa shape index (κ1) is 13.1. The Morgan fingerprint density at radius 3 is 2.56 bits per heavy atom. The zero-order valence-corrected chi connectivity index (χ0v) is 10.2. The van der Waals surface area contributed by atoms with Gasteiger partial charge in [0.2, 0.25) is 0 Å². The van der Waals surface area contributed by atoms with Gasteiger partial charge in [0.25, 0.3) is 0 Å². The molecule has 2 rings (SSSR count). The van der Waals surface area contributed by atoms with E-state index in [1.54, 1.807) is 13.2 Å². The molecule has 1 fully saturated rings. The highest BCUT2D eigenvalue weighted by molar-refractivity contribution is 5.85. The molecule has 1 aromatic rings. The maximum Gasteiger partial charge on any atom is 0.124 e. The molecule has 3 N–H and O–H groups in total. The van der Waals surface area contributed by atoms with Crippen LogP contribution in [0.15, 0.2) is 18.2 Å². The van der Waals surface area contributed by atoms with E-state index >= 15 is 0 Å². The molecule has 4 heteroatoms. The summed E-state index contributed by atoms with van der Waals surface area (Å²) in [5.41, 5.74) is 6.93. The molecule has 0 saturated heterocycles. The summed E-state index contributed by atoms with van der Waals surface area (Å²) in [6.45, 7) is 0. The Kier molecular flexibility index (Phi) is 4.44. The first-order valence-electron chi connectivity index (χ1n) is 5.35. The van der Waals surface area contributed by atoms with Crippen molar-refractivity contribution in [3.8, 4) is 11.5 Å². The molecule has 0 amide bonds. The third-order valence-corrected chi connectivity index (χ3v) is 3.25. The Labute approximate surface area is 102 Å². The maximum atomic E-state index is 9.80. The second-order valence-electron chi connectivity index (χ2n) is 4.14. The summed E-state index contributed by atoms with van der Waals surface area (Å²) in [5.74, 6) is 1.44. The number of benzene rings is 1. The van der Waals surface area contributed by atoms with Crippen molar-refractivity contribution in [3.63, 3.8) is 0 Å². The molecular weight excluding hydrogens is 226 g/mol. The lowest BCUT2D eigenvalue weighted by atomic mass is 9.77. The highest BCUT2D eigenvalue weighted by Crippen LogP contribution is 2.39. The van der Waals surface area contributed by atoms with E-state index in [9.17, 15) is 5.11 Å². The fourth-order valence-electron chi connectivity index (χ4n) is 1.99. The van der Waals surface area contributed by atoms with Crippen molar-refractivity contribution >= 4 is 12.4 Å². The van der Waals surface area contributed by atoms with Gasteiger partial charge in [-0.05, 0) is 24.8 Å². The van der Waals surface area contributed by atoms with Crippen LogP contribution in [0.4, 0.5) is 0 Å². The monoisotopic (exact) mass is 243 g/mol. The van der Waals surface area contributed by atoms with Crippen molar-refractivity contribution < 1.29 is 9.84 Å². The standard InChI is InChI=1S/C12H17NO2.ClH/c1-15-9-5-6-10(11(14)7-9)12(13)8-3-2-4-8;/h5-8,12,14H,2-4,13H2,1H3;1H/t12-;/m0./s1. The summed E-state index contributed by atoms with van der Waals surface area (Å²) in [5, 5.41) is 9.80. The molecule has 1 saturated carbocycles. The molecule has 90 valence electrons. The summed E-state index contributed by atoms with van der Waals surface area (Å²) < 4.78 is 5.03. The van der Waals surface area contributed by atoms with Gasteiger partial charge in [-0.2, -0.15) is 0 Å². The van der Waals surface area contributed by atoms with E-state index in [0.717, 1.165) is 5.56 Å². The average Bonchev–Trinajstić information content (AvgIpc) is 2.14. The summed E-state index contributed by atoms with van der Waals surface area (Å²) in [4.78, 5) is 0. The number of halogens is 1. The Hall–Kier alpha value is -0.930. The van der Waals surface area contributed by atoms with Crippen LogP contribution < -0.4 is 10.5 Å². The molecule has 0 aliphatic heterocycles. The van der Waals surface area contributed by atoms with E-state index in [0.29, 0.717) is 11.7 Å². The van der Waals surface area contributed by atoms with Crippen LogP contribution in [0.3, 0.4) is 0 Å². The smallest absolute Gasteiger partial charge is 0.124 e. The fraction of sp³-hybridized carbons (Fsp3) is 0.500. The van der Waals surface area contributed by atoms with Crippen LogP contribution in [0.2, 0.25) is 0 Å². The fourth-order valence-corrected chi connectivity index (χ4v) is 1.99. The minimum atomic E-state index is -0.0374.